The van der Waals surface area contributed by atoms with Gasteiger partial charge in [-0.1, -0.05) is 24.8 Å². The third-order valence-corrected chi connectivity index (χ3v) is 9.29. The molecule has 2 aliphatic heterocycles. The lowest BCUT2D eigenvalue weighted by Crippen LogP contribution is -2.35. The molecule has 8 heteroatoms. The molecular formula is C15H14N2O3S3. The van der Waals surface area contributed by atoms with E-state index in [1.807, 2.05) is 30.3 Å². The third-order valence-electron chi connectivity index (χ3n) is 3.95. The molecule has 0 bridgehead atoms. The molecule has 23 heavy (non-hydrogen) atoms. The van der Waals surface area contributed by atoms with Crippen molar-refractivity contribution in [2.24, 2.45) is 0 Å². The summed E-state index contributed by atoms with van der Waals surface area (Å²) in [6.07, 6.45) is 0. The number of thioether (sulfide) groups is 2. The Morgan fingerprint density at radius 1 is 1.13 bits per heavy atom. The number of nitrogens with zero attached hydrogens (tertiary/aromatic N) is 1. The minimum Gasteiger partial charge on any atom is -0.291 e. The second-order valence-corrected chi connectivity index (χ2v) is 10.5. The van der Waals surface area contributed by atoms with E-state index < -0.39 is 9.84 Å². The van der Waals surface area contributed by atoms with Crippen molar-refractivity contribution in [3.63, 3.8) is 0 Å². The van der Waals surface area contributed by atoms with Crippen molar-refractivity contribution in [1.82, 2.24) is 9.78 Å². The SMILES string of the molecule is C=c1[nH]n(-c2ccccc2)c(=O)c1=C1S[C@H]2CS(=O)(=O)C[C@H]2S1. The number of fused-ring (bicyclic) bond motifs is 1. The Kier molecular flexibility index (Phi) is 3.51. The summed E-state index contributed by atoms with van der Waals surface area (Å²) in [5, 5.41) is 4.23. The van der Waals surface area contributed by atoms with Gasteiger partial charge in [-0.05, 0) is 12.1 Å². The average Bonchev–Trinajstić information content (AvgIpc) is 3.08. The summed E-state index contributed by atoms with van der Waals surface area (Å²) in [4.78, 5) is 12.8. The monoisotopic (exact) mass is 366 g/mol. The fourth-order valence-electron chi connectivity index (χ4n) is 2.88. The summed E-state index contributed by atoms with van der Waals surface area (Å²) < 4.78 is 25.7. The quantitative estimate of drug-likeness (QED) is 0.785. The van der Waals surface area contributed by atoms with Gasteiger partial charge in [0.1, 0.15) is 0 Å². The fraction of sp³-hybridized carbons (Fsp3) is 0.267. The van der Waals surface area contributed by atoms with E-state index in [0.717, 1.165) is 9.92 Å². The zero-order valence-electron chi connectivity index (χ0n) is 12.1. The van der Waals surface area contributed by atoms with Gasteiger partial charge in [-0.3, -0.25) is 9.89 Å². The number of benzene rings is 1. The molecule has 1 aromatic heterocycles. The van der Waals surface area contributed by atoms with Crippen molar-refractivity contribution in [2.75, 3.05) is 11.5 Å². The number of aromatic nitrogens is 2. The molecule has 2 saturated heterocycles. The van der Waals surface area contributed by atoms with Crippen LogP contribution in [0.1, 0.15) is 0 Å². The molecule has 0 spiro atoms. The normalized spacial score (nSPS) is 28.0. The number of hydrogen-bond acceptors (Lipinski definition) is 5. The summed E-state index contributed by atoms with van der Waals surface area (Å²) in [7, 11) is -2.93. The van der Waals surface area contributed by atoms with Crippen LogP contribution in [0, 0.1) is 0 Å². The Hall–Kier alpha value is -1.38. The molecule has 2 fully saturated rings. The minimum atomic E-state index is -2.93. The number of hydrogen-bond donors (Lipinski definition) is 1. The Morgan fingerprint density at radius 2 is 1.74 bits per heavy atom. The molecule has 0 radical (unpaired) electrons. The van der Waals surface area contributed by atoms with E-state index in [9.17, 15) is 13.2 Å². The molecule has 2 aromatic rings. The molecule has 0 unspecified atom stereocenters. The summed E-state index contributed by atoms with van der Waals surface area (Å²) >= 11 is 3.00. The standard InChI is InChI=1S/C15H14N2O3S3/c1-9-13(14(18)17(16-9)10-5-3-2-4-6-10)15-21-11-7-23(19,20)8-12(11)22-15/h2-6,11-12,16H,1,7-8H2/t11-,12+. The van der Waals surface area contributed by atoms with Gasteiger partial charge in [0.2, 0.25) is 0 Å². The van der Waals surface area contributed by atoms with Crippen LogP contribution in [0.3, 0.4) is 0 Å². The first-order valence-corrected chi connectivity index (χ1v) is 10.7. The van der Waals surface area contributed by atoms with Crippen LogP contribution >= 0.6 is 23.5 Å². The molecule has 2 aliphatic rings. The smallest absolute Gasteiger partial charge is 0.280 e. The second-order valence-electron chi connectivity index (χ2n) is 5.62. The predicted octanol–water partition coefficient (Wildman–Crippen LogP) is 0.287. The molecule has 0 aliphatic carbocycles. The maximum atomic E-state index is 12.8. The van der Waals surface area contributed by atoms with Gasteiger partial charge < -0.3 is 0 Å². The first-order valence-electron chi connectivity index (χ1n) is 7.08. The van der Waals surface area contributed by atoms with Gasteiger partial charge in [-0.2, -0.15) is 0 Å². The lowest BCUT2D eigenvalue weighted by atomic mass is 10.3. The van der Waals surface area contributed by atoms with E-state index in [-0.39, 0.29) is 27.6 Å². The Bertz CT molecular complexity index is 1020. The highest BCUT2D eigenvalue weighted by Gasteiger charge is 2.44. The van der Waals surface area contributed by atoms with Gasteiger partial charge in [0, 0.05) is 10.5 Å². The van der Waals surface area contributed by atoms with Crippen LogP contribution in [0.5, 0.6) is 0 Å². The van der Waals surface area contributed by atoms with Crippen LogP contribution in [0.25, 0.3) is 16.5 Å². The van der Waals surface area contributed by atoms with Crippen LogP contribution in [0.2, 0.25) is 0 Å². The van der Waals surface area contributed by atoms with Crippen molar-refractivity contribution >= 4 is 44.2 Å². The van der Waals surface area contributed by atoms with Crippen molar-refractivity contribution in [3.8, 4) is 5.69 Å². The number of nitrogens with one attached hydrogen (secondary N) is 1. The number of aromatic amines is 1. The van der Waals surface area contributed by atoms with Crippen LogP contribution in [0.15, 0.2) is 35.1 Å². The minimum absolute atomic E-state index is 0.0406. The molecule has 1 aromatic carbocycles. The lowest BCUT2D eigenvalue weighted by Gasteiger charge is -1.99. The lowest BCUT2D eigenvalue weighted by molar-refractivity contribution is 0.602. The zero-order chi connectivity index (χ0) is 16.2. The number of H-pyrrole nitrogens is 1. The summed E-state index contributed by atoms with van der Waals surface area (Å²) in [6, 6.07) is 9.33. The number of rotatable bonds is 1. The first-order chi connectivity index (χ1) is 10.9. The van der Waals surface area contributed by atoms with Gasteiger partial charge in [0.05, 0.1) is 32.0 Å². The fourth-order valence-corrected chi connectivity index (χ4v) is 9.51. The summed E-state index contributed by atoms with van der Waals surface area (Å²) in [6.45, 7) is 3.95. The molecule has 120 valence electrons. The molecule has 0 saturated carbocycles. The van der Waals surface area contributed by atoms with Crippen molar-refractivity contribution in [2.45, 2.75) is 10.5 Å². The topological polar surface area (TPSA) is 71.9 Å². The molecule has 2 atom stereocenters. The van der Waals surface area contributed by atoms with Crippen LogP contribution < -0.4 is 16.1 Å². The maximum Gasteiger partial charge on any atom is 0.280 e. The van der Waals surface area contributed by atoms with Gasteiger partial charge in [0.15, 0.2) is 9.84 Å². The highest BCUT2D eigenvalue weighted by Crippen LogP contribution is 2.50. The molecule has 4 rings (SSSR count). The highest BCUT2D eigenvalue weighted by molar-refractivity contribution is 8.34. The average molecular weight is 366 g/mol. The third kappa shape index (κ3) is 2.58. The second kappa shape index (κ2) is 5.32. The van der Waals surface area contributed by atoms with Crippen molar-refractivity contribution in [1.29, 1.82) is 0 Å². The number of para-hydroxylation sites is 1. The first kappa shape index (κ1) is 15.2. The van der Waals surface area contributed by atoms with Gasteiger partial charge in [-0.25, -0.2) is 13.1 Å². The largest absolute Gasteiger partial charge is 0.291 e. The number of sulfone groups is 1. The van der Waals surface area contributed by atoms with Gasteiger partial charge in [-0.15, -0.1) is 23.5 Å². The van der Waals surface area contributed by atoms with E-state index >= 15 is 0 Å². The molecule has 0 amide bonds. The molecular weight excluding hydrogens is 352 g/mol. The Morgan fingerprint density at radius 3 is 2.35 bits per heavy atom. The molecule has 3 heterocycles. The van der Waals surface area contributed by atoms with E-state index in [0.29, 0.717) is 10.6 Å². The zero-order valence-corrected chi connectivity index (χ0v) is 14.5. The predicted molar refractivity (Wildman–Crippen MR) is 96.0 cm³/mol. The van der Waals surface area contributed by atoms with Gasteiger partial charge in [0.25, 0.3) is 5.56 Å². The Balaban J connectivity index is 1.82. The van der Waals surface area contributed by atoms with Crippen LogP contribution in [-0.2, 0) is 9.84 Å². The highest BCUT2D eigenvalue weighted by atomic mass is 32.2. The van der Waals surface area contributed by atoms with Gasteiger partial charge >= 0.3 is 0 Å². The van der Waals surface area contributed by atoms with Crippen LogP contribution in [-0.4, -0.2) is 40.2 Å². The van der Waals surface area contributed by atoms with E-state index in [1.165, 1.54) is 28.2 Å². The van der Waals surface area contributed by atoms with Crippen LogP contribution in [0.4, 0.5) is 0 Å². The van der Waals surface area contributed by atoms with Crippen molar-refractivity contribution < 1.29 is 8.42 Å². The van der Waals surface area contributed by atoms with E-state index in [2.05, 4.69) is 11.7 Å². The van der Waals surface area contributed by atoms with E-state index in [4.69, 9.17) is 0 Å². The van der Waals surface area contributed by atoms with Crippen molar-refractivity contribution in [3.05, 3.63) is 51.3 Å². The molecule has 5 nitrogen and oxygen atoms in total. The Labute approximate surface area is 141 Å². The molecule has 1 N–H and O–H groups in total. The van der Waals surface area contributed by atoms with E-state index in [1.54, 1.807) is 0 Å². The summed E-state index contributed by atoms with van der Waals surface area (Å²) in [5.74, 6) is 0.394. The maximum absolute atomic E-state index is 12.8. The summed E-state index contributed by atoms with van der Waals surface area (Å²) in [5.41, 5.74) is 0.615.